The molecule has 1 aromatic carbocycles. The van der Waals surface area contributed by atoms with Crippen molar-refractivity contribution in [2.24, 2.45) is 0 Å². The van der Waals surface area contributed by atoms with Crippen molar-refractivity contribution < 1.29 is 14.0 Å². The molecule has 0 radical (unpaired) electrons. The van der Waals surface area contributed by atoms with E-state index in [4.69, 9.17) is 0 Å². The van der Waals surface area contributed by atoms with Crippen molar-refractivity contribution in [2.45, 2.75) is 33.2 Å². The van der Waals surface area contributed by atoms with Gasteiger partial charge in [-0.1, -0.05) is 0 Å². The molecule has 8 heteroatoms. The Balaban J connectivity index is 1.52. The van der Waals surface area contributed by atoms with E-state index in [1.807, 2.05) is 21.4 Å². The van der Waals surface area contributed by atoms with Gasteiger partial charge in [-0.15, -0.1) is 0 Å². The first kappa shape index (κ1) is 21.0. The highest BCUT2D eigenvalue weighted by Gasteiger charge is 2.27. The summed E-state index contributed by atoms with van der Waals surface area (Å²) in [5, 5.41) is 7.15. The first-order valence-corrected chi connectivity index (χ1v) is 9.77. The van der Waals surface area contributed by atoms with Crippen molar-refractivity contribution in [3.63, 3.8) is 0 Å². The predicted octanol–water partition coefficient (Wildman–Crippen LogP) is 2.48. The highest BCUT2D eigenvalue weighted by atomic mass is 19.1. The number of anilines is 1. The molecule has 2 heterocycles. The molecule has 7 nitrogen and oxygen atoms in total. The molecule has 29 heavy (non-hydrogen) atoms. The molecule has 156 valence electrons. The topological polar surface area (TPSA) is 70.5 Å². The van der Waals surface area contributed by atoms with Gasteiger partial charge in [0.15, 0.2) is 0 Å². The Hall–Kier alpha value is -2.74. The largest absolute Gasteiger partial charge is 0.336 e. The van der Waals surface area contributed by atoms with Crippen LogP contribution in [0.25, 0.3) is 0 Å². The van der Waals surface area contributed by atoms with Crippen molar-refractivity contribution in [1.82, 2.24) is 19.6 Å². The average Bonchev–Trinajstić information content (AvgIpc) is 3.05. The number of hydrogen-bond donors (Lipinski definition) is 1. The lowest BCUT2D eigenvalue weighted by Gasteiger charge is -2.34. The number of amides is 2. The maximum absolute atomic E-state index is 12.9. The maximum atomic E-state index is 12.9. The van der Waals surface area contributed by atoms with E-state index >= 15 is 0 Å². The zero-order valence-corrected chi connectivity index (χ0v) is 17.4. The van der Waals surface area contributed by atoms with Gasteiger partial charge in [-0.05, 0) is 52.0 Å². The summed E-state index contributed by atoms with van der Waals surface area (Å²) in [6.07, 6.45) is 1.64. The summed E-state index contributed by atoms with van der Waals surface area (Å²) < 4.78 is 14.8. The van der Waals surface area contributed by atoms with Crippen molar-refractivity contribution in [2.75, 3.05) is 38.0 Å². The smallest absolute Gasteiger partial charge is 0.257 e. The zero-order chi connectivity index (χ0) is 21.2. The summed E-state index contributed by atoms with van der Waals surface area (Å²) in [4.78, 5) is 28.9. The van der Waals surface area contributed by atoms with Gasteiger partial charge in [0.05, 0.1) is 23.8 Å². The number of nitrogens with zero attached hydrogens (tertiary/aromatic N) is 4. The number of halogens is 1. The van der Waals surface area contributed by atoms with E-state index in [0.717, 1.165) is 5.69 Å². The molecule has 0 unspecified atom stereocenters. The third-order valence-corrected chi connectivity index (χ3v) is 5.03. The minimum atomic E-state index is -0.341. The molecule has 3 rings (SSSR count). The highest BCUT2D eigenvalue weighted by molar-refractivity contribution is 5.95. The van der Waals surface area contributed by atoms with Crippen molar-refractivity contribution in [3.05, 3.63) is 47.5 Å². The van der Waals surface area contributed by atoms with Crippen LogP contribution in [0.2, 0.25) is 0 Å². The van der Waals surface area contributed by atoms with E-state index in [1.54, 1.807) is 6.20 Å². The first-order valence-electron chi connectivity index (χ1n) is 9.77. The summed E-state index contributed by atoms with van der Waals surface area (Å²) in [5.41, 5.74) is 1.88. The van der Waals surface area contributed by atoms with Gasteiger partial charge in [-0.25, -0.2) is 4.39 Å². The van der Waals surface area contributed by atoms with Crippen molar-refractivity contribution in [3.8, 4) is 0 Å². The lowest BCUT2D eigenvalue weighted by molar-refractivity contribution is -0.117. The van der Waals surface area contributed by atoms with E-state index in [-0.39, 0.29) is 29.7 Å². The number of hydrogen-bond acceptors (Lipinski definition) is 4. The number of aromatic nitrogens is 2. The molecule has 0 spiro atoms. The van der Waals surface area contributed by atoms with Crippen molar-refractivity contribution >= 4 is 17.5 Å². The van der Waals surface area contributed by atoms with Crippen LogP contribution in [0.4, 0.5) is 10.1 Å². The monoisotopic (exact) mass is 401 g/mol. The molecule has 1 aliphatic rings. The van der Waals surface area contributed by atoms with Gasteiger partial charge in [0.25, 0.3) is 5.91 Å². The van der Waals surface area contributed by atoms with Crippen LogP contribution in [-0.4, -0.2) is 64.1 Å². The molecular weight excluding hydrogens is 373 g/mol. The fraction of sp³-hybridized carbons (Fsp3) is 0.476. The van der Waals surface area contributed by atoms with Crippen LogP contribution < -0.4 is 5.32 Å². The van der Waals surface area contributed by atoms with Gasteiger partial charge < -0.3 is 10.2 Å². The van der Waals surface area contributed by atoms with Crippen LogP contribution in [0.15, 0.2) is 30.5 Å². The SMILES string of the molecule is Cc1c(C(=O)N2CCN(CC(=O)Nc3ccc(F)cc3)CC2)cnn1C(C)(C)C. The summed E-state index contributed by atoms with van der Waals surface area (Å²) in [5.74, 6) is -0.515. The second-order valence-corrected chi connectivity index (χ2v) is 8.35. The Morgan fingerprint density at radius 1 is 1.10 bits per heavy atom. The van der Waals surface area contributed by atoms with Gasteiger partial charge in [0.2, 0.25) is 5.91 Å². The van der Waals surface area contributed by atoms with Gasteiger partial charge in [0, 0.05) is 37.6 Å². The van der Waals surface area contributed by atoms with Crippen LogP contribution in [-0.2, 0) is 10.3 Å². The molecule has 1 aliphatic heterocycles. The number of piperazine rings is 1. The number of carbonyl (C=O) groups is 2. The standard InChI is InChI=1S/C21H28FN5O2/c1-15-18(13-23-27(15)21(2,3)4)20(29)26-11-9-25(10-12-26)14-19(28)24-17-7-5-16(22)6-8-17/h5-8,13H,9-12,14H2,1-4H3,(H,24,28). The fourth-order valence-corrected chi connectivity index (χ4v) is 3.51. The third kappa shape index (κ3) is 5.00. The second kappa shape index (κ2) is 8.32. The summed E-state index contributed by atoms with van der Waals surface area (Å²) >= 11 is 0. The molecule has 0 saturated carbocycles. The van der Waals surface area contributed by atoms with E-state index in [9.17, 15) is 14.0 Å². The Kier molecular flexibility index (Phi) is 6.02. The Labute approximate surface area is 170 Å². The molecule has 0 aliphatic carbocycles. The van der Waals surface area contributed by atoms with Gasteiger partial charge in [-0.2, -0.15) is 5.10 Å². The Morgan fingerprint density at radius 3 is 2.28 bits per heavy atom. The Bertz CT molecular complexity index is 877. The minimum Gasteiger partial charge on any atom is -0.336 e. The summed E-state index contributed by atoms with van der Waals surface area (Å²) in [7, 11) is 0. The normalized spacial score (nSPS) is 15.4. The summed E-state index contributed by atoms with van der Waals surface area (Å²) in [6.45, 7) is 10.7. The van der Waals surface area contributed by atoms with Gasteiger partial charge in [-0.3, -0.25) is 19.2 Å². The number of nitrogens with one attached hydrogen (secondary N) is 1. The lowest BCUT2D eigenvalue weighted by Crippen LogP contribution is -2.50. The van der Waals surface area contributed by atoms with Crippen LogP contribution in [0.3, 0.4) is 0 Å². The highest BCUT2D eigenvalue weighted by Crippen LogP contribution is 2.20. The molecule has 1 aromatic heterocycles. The van der Waals surface area contributed by atoms with Gasteiger partial charge >= 0.3 is 0 Å². The molecule has 0 bridgehead atoms. The molecular formula is C21H28FN5O2. The molecule has 0 atom stereocenters. The van der Waals surface area contributed by atoms with E-state index in [0.29, 0.717) is 37.4 Å². The summed E-state index contributed by atoms with van der Waals surface area (Å²) in [6, 6.07) is 5.68. The number of benzene rings is 1. The van der Waals surface area contributed by atoms with E-state index in [1.165, 1.54) is 24.3 Å². The second-order valence-electron chi connectivity index (χ2n) is 8.35. The fourth-order valence-electron chi connectivity index (χ4n) is 3.51. The quantitative estimate of drug-likeness (QED) is 0.855. The Morgan fingerprint density at radius 2 is 1.72 bits per heavy atom. The third-order valence-electron chi connectivity index (χ3n) is 5.03. The van der Waals surface area contributed by atoms with Crippen LogP contribution in [0.1, 0.15) is 36.8 Å². The van der Waals surface area contributed by atoms with Crippen LogP contribution in [0, 0.1) is 12.7 Å². The number of rotatable bonds is 4. The maximum Gasteiger partial charge on any atom is 0.257 e. The first-order chi connectivity index (χ1) is 13.6. The predicted molar refractivity (Wildman–Crippen MR) is 109 cm³/mol. The van der Waals surface area contributed by atoms with Crippen LogP contribution >= 0.6 is 0 Å². The molecule has 1 saturated heterocycles. The molecule has 2 amide bonds. The molecule has 1 fully saturated rings. The van der Waals surface area contributed by atoms with E-state index < -0.39 is 0 Å². The molecule has 2 aromatic rings. The van der Waals surface area contributed by atoms with Crippen molar-refractivity contribution in [1.29, 1.82) is 0 Å². The molecule has 1 N–H and O–H groups in total. The minimum absolute atomic E-state index is 0.0200. The number of carbonyl (C=O) groups excluding carboxylic acids is 2. The zero-order valence-electron chi connectivity index (χ0n) is 17.4. The average molecular weight is 401 g/mol. The van der Waals surface area contributed by atoms with E-state index in [2.05, 4.69) is 31.2 Å². The van der Waals surface area contributed by atoms with Gasteiger partial charge in [0.1, 0.15) is 5.82 Å². The lowest BCUT2D eigenvalue weighted by atomic mass is 10.1. The van der Waals surface area contributed by atoms with Crippen LogP contribution in [0.5, 0.6) is 0 Å².